The number of rotatable bonds is 7. The van der Waals surface area contributed by atoms with Gasteiger partial charge in [0.15, 0.2) is 18.1 Å². The van der Waals surface area contributed by atoms with E-state index in [4.69, 9.17) is 21.1 Å². The standard InChI is InChI=1S/C24H27ClN2O3/c1-24(2,3)27-23(28)15-30-22-13-19(25)17(12-21(22)29-4)14-26-20-11-7-9-16-8-5-6-10-18(16)20/h5-13,26H,14-15H2,1-4H3,(H,27,28). The Kier molecular flexibility index (Phi) is 6.73. The van der Waals surface area contributed by atoms with Crippen LogP contribution in [0.25, 0.3) is 10.8 Å². The summed E-state index contributed by atoms with van der Waals surface area (Å²) in [5.74, 6) is 0.750. The number of carbonyl (C=O) groups is 1. The van der Waals surface area contributed by atoms with Crippen LogP contribution in [-0.4, -0.2) is 25.2 Å². The molecule has 0 aliphatic carbocycles. The Morgan fingerprint density at radius 2 is 1.77 bits per heavy atom. The van der Waals surface area contributed by atoms with Crippen molar-refractivity contribution in [2.75, 3.05) is 19.0 Å². The van der Waals surface area contributed by atoms with Gasteiger partial charge in [0, 0.05) is 34.2 Å². The molecule has 0 fully saturated rings. The number of halogens is 1. The number of nitrogens with one attached hydrogen (secondary N) is 2. The van der Waals surface area contributed by atoms with Crippen molar-refractivity contribution in [2.45, 2.75) is 32.9 Å². The summed E-state index contributed by atoms with van der Waals surface area (Å²) in [7, 11) is 1.56. The second-order valence-corrected chi connectivity index (χ2v) is 8.47. The van der Waals surface area contributed by atoms with Gasteiger partial charge in [-0.2, -0.15) is 0 Å². The average Bonchev–Trinajstić information content (AvgIpc) is 2.70. The maximum atomic E-state index is 12.0. The molecule has 0 saturated carbocycles. The summed E-state index contributed by atoms with van der Waals surface area (Å²) in [6, 6.07) is 17.9. The smallest absolute Gasteiger partial charge is 0.258 e. The van der Waals surface area contributed by atoms with E-state index < -0.39 is 0 Å². The lowest BCUT2D eigenvalue weighted by molar-refractivity contribution is -0.124. The molecule has 2 N–H and O–H groups in total. The van der Waals surface area contributed by atoms with Crippen molar-refractivity contribution in [2.24, 2.45) is 0 Å². The van der Waals surface area contributed by atoms with Crippen molar-refractivity contribution in [3.63, 3.8) is 0 Å². The molecule has 3 rings (SSSR count). The molecule has 0 atom stereocenters. The van der Waals surface area contributed by atoms with Crippen LogP contribution in [0.1, 0.15) is 26.3 Å². The molecule has 0 aliphatic rings. The second-order valence-electron chi connectivity index (χ2n) is 8.06. The van der Waals surface area contributed by atoms with Gasteiger partial charge in [-0.05, 0) is 43.9 Å². The highest BCUT2D eigenvalue weighted by molar-refractivity contribution is 6.31. The summed E-state index contributed by atoms with van der Waals surface area (Å²) < 4.78 is 11.1. The van der Waals surface area contributed by atoms with E-state index in [2.05, 4.69) is 28.8 Å². The lowest BCUT2D eigenvalue weighted by Gasteiger charge is -2.21. The minimum atomic E-state index is -0.320. The van der Waals surface area contributed by atoms with Crippen molar-refractivity contribution >= 4 is 34.0 Å². The second kappa shape index (κ2) is 9.26. The molecule has 1 amide bonds. The fraction of sp³-hybridized carbons (Fsp3) is 0.292. The number of hydrogen-bond acceptors (Lipinski definition) is 4. The van der Waals surface area contributed by atoms with Gasteiger partial charge >= 0.3 is 0 Å². The number of methoxy groups -OCH3 is 1. The first-order valence-electron chi connectivity index (χ1n) is 9.79. The molecular weight excluding hydrogens is 400 g/mol. The molecule has 158 valence electrons. The molecule has 0 heterocycles. The molecule has 6 heteroatoms. The van der Waals surface area contributed by atoms with Crippen molar-refractivity contribution in [3.05, 3.63) is 65.2 Å². The van der Waals surface area contributed by atoms with E-state index in [0.717, 1.165) is 16.6 Å². The fourth-order valence-corrected chi connectivity index (χ4v) is 3.37. The summed E-state index contributed by atoms with van der Waals surface area (Å²) in [5, 5.41) is 9.16. The molecule has 0 aliphatic heterocycles. The van der Waals surface area contributed by atoms with Crippen molar-refractivity contribution in [1.29, 1.82) is 0 Å². The van der Waals surface area contributed by atoms with Crippen LogP contribution >= 0.6 is 11.6 Å². The molecule has 0 bridgehead atoms. The molecule has 30 heavy (non-hydrogen) atoms. The quantitative estimate of drug-likeness (QED) is 0.530. The van der Waals surface area contributed by atoms with Gasteiger partial charge in [-0.15, -0.1) is 0 Å². The first kappa shape index (κ1) is 21.8. The molecule has 0 spiro atoms. The van der Waals surface area contributed by atoms with Crippen LogP contribution in [0.2, 0.25) is 5.02 Å². The topological polar surface area (TPSA) is 59.6 Å². The number of fused-ring (bicyclic) bond motifs is 1. The van der Waals surface area contributed by atoms with Crippen LogP contribution in [0.15, 0.2) is 54.6 Å². The number of amides is 1. The molecular formula is C24H27ClN2O3. The van der Waals surface area contributed by atoms with E-state index in [0.29, 0.717) is 23.1 Å². The van der Waals surface area contributed by atoms with Crippen LogP contribution in [0.5, 0.6) is 11.5 Å². The largest absolute Gasteiger partial charge is 0.493 e. The predicted octanol–water partition coefficient (Wildman–Crippen LogP) is 5.41. The third-order valence-electron chi connectivity index (χ3n) is 4.46. The van der Waals surface area contributed by atoms with Crippen LogP contribution in [0.3, 0.4) is 0 Å². The molecule has 0 unspecified atom stereocenters. The lowest BCUT2D eigenvalue weighted by Crippen LogP contribution is -2.43. The average molecular weight is 427 g/mol. The Bertz CT molecular complexity index is 1040. The third kappa shape index (κ3) is 5.57. The highest BCUT2D eigenvalue weighted by atomic mass is 35.5. The zero-order valence-corrected chi connectivity index (χ0v) is 18.5. The van der Waals surface area contributed by atoms with E-state index in [1.165, 1.54) is 5.39 Å². The minimum absolute atomic E-state index is 0.114. The summed E-state index contributed by atoms with van der Waals surface area (Å²) >= 11 is 6.49. The van der Waals surface area contributed by atoms with Gasteiger partial charge in [0.05, 0.1) is 7.11 Å². The van der Waals surface area contributed by atoms with E-state index >= 15 is 0 Å². The summed E-state index contributed by atoms with van der Waals surface area (Å²) in [5.41, 5.74) is 1.58. The molecule has 0 saturated heterocycles. The van der Waals surface area contributed by atoms with Gasteiger partial charge in [-0.25, -0.2) is 0 Å². The van der Waals surface area contributed by atoms with Crippen LogP contribution < -0.4 is 20.1 Å². The first-order valence-corrected chi connectivity index (χ1v) is 10.2. The van der Waals surface area contributed by atoms with Gasteiger partial charge < -0.3 is 20.1 Å². The number of hydrogen-bond donors (Lipinski definition) is 2. The molecule has 3 aromatic rings. The van der Waals surface area contributed by atoms with Gasteiger partial charge in [0.1, 0.15) is 0 Å². The zero-order chi connectivity index (χ0) is 21.7. The van der Waals surface area contributed by atoms with Gasteiger partial charge in [0.2, 0.25) is 0 Å². The SMILES string of the molecule is COc1cc(CNc2cccc3ccccc23)c(Cl)cc1OCC(=O)NC(C)(C)C. The van der Waals surface area contributed by atoms with E-state index in [-0.39, 0.29) is 18.1 Å². The third-order valence-corrected chi connectivity index (χ3v) is 4.82. The predicted molar refractivity (Wildman–Crippen MR) is 123 cm³/mol. The Hall–Kier alpha value is -2.92. The van der Waals surface area contributed by atoms with Crippen LogP contribution in [0.4, 0.5) is 5.69 Å². The number of anilines is 1. The van der Waals surface area contributed by atoms with Crippen LogP contribution in [0, 0.1) is 0 Å². The first-order chi connectivity index (χ1) is 14.3. The molecule has 0 aromatic heterocycles. The zero-order valence-electron chi connectivity index (χ0n) is 17.7. The van der Waals surface area contributed by atoms with Crippen molar-refractivity contribution < 1.29 is 14.3 Å². The summed E-state index contributed by atoms with van der Waals surface area (Å²) in [6.45, 7) is 6.16. The van der Waals surface area contributed by atoms with E-state index in [1.807, 2.05) is 51.1 Å². The summed E-state index contributed by atoms with van der Waals surface area (Å²) in [6.07, 6.45) is 0. The molecule has 3 aromatic carbocycles. The molecule has 0 radical (unpaired) electrons. The van der Waals surface area contributed by atoms with Crippen LogP contribution in [-0.2, 0) is 11.3 Å². The number of carbonyl (C=O) groups excluding carboxylic acids is 1. The lowest BCUT2D eigenvalue weighted by atomic mass is 10.1. The fourth-order valence-electron chi connectivity index (χ4n) is 3.15. The van der Waals surface area contributed by atoms with Gasteiger partial charge in [-0.3, -0.25) is 4.79 Å². The maximum Gasteiger partial charge on any atom is 0.258 e. The highest BCUT2D eigenvalue weighted by Gasteiger charge is 2.16. The van der Waals surface area contributed by atoms with E-state index in [9.17, 15) is 4.79 Å². The highest BCUT2D eigenvalue weighted by Crippen LogP contribution is 2.34. The van der Waals surface area contributed by atoms with Gasteiger partial charge in [-0.1, -0.05) is 48.0 Å². The van der Waals surface area contributed by atoms with Crippen molar-refractivity contribution in [1.82, 2.24) is 5.32 Å². The Morgan fingerprint density at radius 3 is 2.50 bits per heavy atom. The molecule has 5 nitrogen and oxygen atoms in total. The Balaban J connectivity index is 1.73. The summed E-state index contributed by atoms with van der Waals surface area (Å²) in [4.78, 5) is 12.0. The van der Waals surface area contributed by atoms with Gasteiger partial charge in [0.25, 0.3) is 5.91 Å². The minimum Gasteiger partial charge on any atom is -0.493 e. The van der Waals surface area contributed by atoms with E-state index in [1.54, 1.807) is 13.2 Å². The monoisotopic (exact) mass is 426 g/mol. The Labute approximate surface area is 182 Å². The normalized spacial score (nSPS) is 11.2. The number of benzene rings is 3. The number of ether oxygens (including phenoxy) is 2. The van der Waals surface area contributed by atoms with Crippen molar-refractivity contribution in [3.8, 4) is 11.5 Å². The maximum absolute atomic E-state index is 12.0. The Morgan fingerprint density at radius 1 is 1.03 bits per heavy atom.